The summed E-state index contributed by atoms with van der Waals surface area (Å²) in [7, 11) is 1.58. The molecule has 0 bridgehead atoms. The van der Waals surface area contributed by atoms with E-state index in [9.17, 15) is 10.1 Å². The number of amides is 1. The summed E-state index contributed by atoms with van der Waals surface area (Å²) in [5.74, 6) is 0.589. The number of nitrogens with one attached hydrogen (secondary N) is 2. The fourth-order valence-corrected chi connectivity index (χ4v) is 3.57. The van der Waals surface area contributed by atoms with E-state index in [-0.39, 0.29) is 24.0 Å². The van der Waals surface area contributed by atoms with E-state index in [1.54, 1.807) is 43.5 Å². The summed E-state index contributed by atoms with van der Waals surface area (Å²) in [6, 6.07) is 16.3. The smallest absolute Gasteiger partial charge is 0.262 e. The van der Waals surface area contributed by atoms with Gasteiger partial charge in [0.05, 0.1) is 13.0 Å². The molecule has 3 aromatic rings. The highest BCUT2D eigenvalue weighted by molar-refractivity contribution is 5.91. The zero-order valence-corrected chi connectivity index (χ0v) is 17.5. The second-order valence-electron chi connectivity index (χ2n) is 7.10. The topological polar surface area (TPSA) is 135 Å². The molecule has 2 heterocycles. The number of para-hydroxylation sites is 1. The molecule has 1 aromatic heterocycles. The molecule has 4 N–H and O–H groups in total. The number of aromatic amines is 1. The lowest BCUT2D eigenvalue weighted by Gasteiger charge is -2.25. The van der Waals surface area contributed by atoms with Gasteiger partial charge in [0.25, 0.3) is 5.91 Å². The average Bonchev–Trinajstić information content (AvgIpc) is 3.17. The van der Waals surface area contributed by atoms with Crippen LogP contribution in [0.15, 0.2) is 60.0 Å². The zero-order chi connectivity index (χ0) is 22.7. The Morgan fingerprint density at radius 2 is 2.03 bits per heavy atom. The highest BCUT2D eigenvalue weighted by Gasteiger charge is 2.35. The van der Waals surface area contributed by atoms with Crippen LogP contribution in [0.25, 0.3) is 0 Å². The van der Waals surface area contributed by atoms with E-state index in [2.05, 4.69) is 21.6 Å². The van der Waals surface area contributed by atoms with Crippen molar-refractivity contribution in [1.82, 2.24) is 10.2 Å². The number of nitrogens with two attached hydrogens (primary N) is 1. The molecule has 0 spiro atoms. The Morgan fingerprint density at radius 3 is 2.75 bits per heavy atom. The maximum atomic E-state index is 12.4. The number of allylic oxidation sites excluding steroid dienone is 1. The number of methoxy groups -OCH3 is 1. The normalized spacial score (nSPS) is 14.7. The molecule has 162 valence electrons. The Bertz CT molecular complexity index is 1220. The first-order valence-corrected chi connectivity index (χ1v) is 9.80. The number of carbonyl (C=O) groups is 1. The minimum absolute atomic E-state index is 0.0106. The molecule has 2 aromatic carbocycles. The van der Waals surface area contributed by atoms with Gasteiger partial charge < -0.3 is 25.3 Å². The van der Waals surface area contributed by atoms with Crippen LogP contribution in [0.1, 0.15) is 22.7 Å². The van der Waals surface area contributed by atoms with Gasteiger partial charge >= 0.3 is 0 Å². The van der Waals surface area contributed by atoms with Crippen molar-refractivity contribution in [3.05, 3.63) is 76.8 Å². The van der Waals surface area contributed by atoms with Crippen LogP contribution in [-0.4, -0.2) is 29.8 Å². The number of ether oxygens (including phenoxy) is 3. The van der Waals surface area contributed by atoms with Gasteiger partial charge in [-0.2, -0.15) is 5.26 Å². The standard InChI is InChI=1S/C23H21N5O4/c1-13-20-21(17(11-24)22(25)32-23(20)28-27-13)16-5-3-4-6-18(16)31-12-19(29)26-14-7-9-15(30-2)10-8-14/h3-10,21H,12,25H2,1-2H3,(H,26,29)(H,27,28)/t21-/m1/s1. The van der Waals surface area contributed by atoms with Crippen LogP contribution in [0.4, 0.5) is 5.69 Å². The SMILES string of the molecule is COc1ccc(NC(=O)COc2ccccc2[C@@H]2C(C#N)=C(N)Oc3n[nH]c(C)c32)cc1. The maximum absolute atomic E-state index is 12.4. The number of aryl methyl sites for hydroxylation is 1. The third-order valence-electron chi connectivity index (χ3n) is 5.09. The van der Waals surface area contributed by atoms with E-state index in [0.717, 1.165) is 5.69 Å². The molecule has 1 atom stereocenters. The third kappa shape index (κ3) is 3.94. The number of fused-ring (bicyclic) bond motifs is 1. The van der Waals surface area contributed by atoms with Gasteiger partial charge in [-0.3, -0.25) is 9.89 Å². The number of benzene rings is 2. The first-order chi connectivity index (χ1) is 15.5. The molecule has 0 fully saturated rings. The average molecular weight is 431 g/mol. The molecular formula is C23H21N5O4. The highest BCUT2D eigenvalue weighted by atomic mass is 16.5. The molecule has 9 heteroatoms. The Hall–Kier alpha value is -4.45. The Balaban J connectivity index is 1.57. The van der Waals surface area contributed by atoms with Gasteiger partial charge in [-0.25, -0.2) is 0 Å². The summed E-state index contributed by atoms with van der Waals surface area (Å²) >= 11 is 0. The molecule has 1 amide bonds. The first kappa shape index (κ1) is 20.8. The van der Waals surface area contributed by atoms with Gasteiger partial charge in [-0.15, -0.1) is 5.10 Å². The zero-order valence-electron chi connectivity index (χ0n) is 17.5. The monoisotopic (exact) mass is 431 g/mol. The van der Waals surface area contributed by atoms with Crippen molar-refractivity contribution in [3.8, 4) is 23.4 Å². The van der Waals surface area contributed by atoms with E-state index >= 15 is 0 Å². The fraction of sp³-hybridized carbons (Fsp3) is 0.174. The predicted octanol–water partition coefficient (Wildman–Crippen LogP) is 2.96. The molecular weight excluding hydrogens is 410 g/mol. The summed E-state index contributed by atoms with van der Waals surface area (Å²) in [6.07, 6.45) is 0. The largest absolute Gasteiger partial charge is 0.497 e. The summed E-state index contributed by atoms with van der Waals surface area (Å²) in [4.78, 5) is 12.4. The van der Waals surface area contributed by atoms with E-state index in [0.29, 0.717) is 34.2 Å². The summed E-state index contributed by atoms with van der Waals surface area (Å²) in [5, 5.41) is 19.5. The molecule has 32 heavy (non-hydrogen) atoms. The van der Waals surface area contributed by atoms with Crippen LogP contribution in [0.3, 0.4) is 0 Å². The van der Waals surface area contributed by atoms with Crippen LogP contribution < -0.4 is 25.3 Å². The van der Waals surface area contributed by atoms with Crippen molar-refractivity contribution < 1.29 is 19.0 Å². The minimum Gasteiger partial charge on any atom is -0.497 e. The minimum atomic E-state index is -0.539. The number of carbonyl (C=O) groups excluding carboxylic acids is 1. The van der Waals surface area contributed by atoms with E-state index in [1.807, 2.05) is 19.1 Å². The van der Waals surface area contributed by atoms with E-state index < -0.39 is 5.92 Å². The number of H-pyrrole nitrogens is 1. The number of anilines is 1. The number of nitrogens with zero attached hydrogens (tertiary/aromatic N) is 2. The molecule has 9 nitrogen and oxygen atoms in total. The maximum Gasteiger partial charge on any atom is 0.262 e. The Morgan fingerprint density at radius 1 is 1.28 bits per heavy atom. The van der Waals surface area contributed by atoms with E-state index in [1.165, 1.54) is 0 Å². The molecule has 4 rings (SSSR count). The third-order valence-corrected chi connectivity index (χ3v) is 5.09. The molecule has 0 aliphatic carbocycles. The number of hydrogen-bond donors (Lipinski definition) is 3. The van der Waals surface area contributed by atoms with Crippen molar-refractivity contribution in [3.63, 3.8) is 0 Å². The Labute approximate surface area is 184 Å². The van der Waals surface area contributed by atoms with E-state index in [4.69, 9.17) is 19.9 Å². The van der Waals surface area contributed by atoms with Crippen molar-refractivity contribution in [2.45, 2.75) is 12.8 Å². The van der Waals surface area contributed by atoms with Crippen molar-refractivity contribution in [2.75, 3.05) is 19.0 Å². The van der Waals surface area contributed by atoms with Crippen molar-refractivity contribution in [2.24, 2.45) is 5.73 Å². The second-order valence-corrected chi connectivity index (χ2v) is 7.10. The number of aromatic nitrogens is 2. The molecule has 0 unspecified atom stereocenters. The van der Waals surface area contributed by atoms with Crippen LogP contribution >= 0.6 is 0 Å². The lowest BCUT2D eigenvalue weighted by Crippen LogP contribution is -2.23. The fourth-order valence-electron chi connectivity index (χ4n) is 3.57. The number of hydrogen-bond acceptors (Lipinski definition) is 7. The highest BCUT2D eigenvalue weighted by Crippen LogP contribution is 2.45. The van der Waals surface area contributed by atoms with Gasteiger partial charge in [-0.1, -0.05) is 18.2 Å². The van der Waals surface area contributed by atoms with Crippen molar-refractivity contribution in [1.29, 1.82) is 5.26 Å². The summed E-state index contributed by atoms with van der Waals surface area (Å²) in [5.41, 5.74) is 8.99. The first-order valence-electron chi connectivity index (χ1n) is 9.80. The van der Waals surface area contributed by atoms with Crippen LogP contribution in [0.2, 0.25) is 0 Å². The molecule has 0 saturated carbocycles. The van der Waals surface area contributed by atoms with Gasteiger partial charge in [0.2, 0.25) is 11.8 Å². The lowest BCUT2D eigenvalue weighted by atomic mass is 9.83. The second kappa shape index (κ2) is 8.73. The van der Waals surface area contributed by atoms with Crippen LogP contribution in [0.5, 0.6) is 17.4 Å². The lowest BCUT2D eigenvalue weighted by molar-refractivity contribution is -0.118. The van der Waals surface area contributed by atoms with Crippen LogP contribution in [0, 0.1) is 18.3 Å². The number of nitriles is 1. The molecule has 0 radical (unpaired) electrons. The van der Waals surface area contributed by atoms with Crippen LogP contribution in [-0.2, 0) is 4.79 Å². The quantitative estimate of drug-likeness (QED) is 0.546. The Kier molecular flexibility index (Phi) is 5.68. The molecule has 1 aliphatic heterocycles. The van der Waals surface area contributed by atoms with Gasteiger partial charge in [0.15, 0.2) is 6.61 Å². The number of rotatable bonds is 6. The van der Waals surface area contributed by atoms with Gasteiger partial charge in [0, 0.05) is 22.5 Å². The predicted molar refractivity (Wildman–Crippen MR) is 116 cm³/mol. The summed E-state index contributed by atoms with van der Waals surface area (Å²) in [6.45, 7) is 1.62. The van der Waals surface area contributed by atoms with Crippen molar-refractivity contribution >= 4 is 11.6 Å². The van der Waals surface area contributed by atoms with Gasteiger partial charge in [-0.05, 0) is 37.3 Å². The summed E-state index contributed by atoms with van der Waals surface area (Å²) < 4.78 is 16.5. The molecule has 0 saturated heterocycles. The molecule has 1 aliphatic rings. The van der Waals surface area contributed by atoms with Gasteiger partial charge in [0.1, 0.15) is 23.1 Å².